The number of fused-ring (bicyclic) bond motifs is 1. The molecule has 1 aromatic carbocycles. The van der Waals surface area contributed by atoms with Gasteiger partial charge in [-0.2, -0.15) is 4.57 Å². The Labute approximate surface area is 211 Å². The predicted molar refractivity (Wildman–Crippen MR) is 132 cm³/mol. The van der Waals surface area contributed by atoms with Gasteiger partial charge in [0.25, 0.3) is 5.56 Å². The van der Waals surface area contributed by atoms with E-state index >= 15 is 0 Å². The smallest absolute Gasteiger partial charge is 0.295 e. The molecule has 7 heteroatoms. The van der Waals surface area contributed by atoms with E-state index in [1.807, 2.05) is 84.2 Å². The SMILES string of the molecule is Cc1cc(C(=O)C[n+]2ccc3c(c2)CCCC3)c(C)n1-c1c(C)n(C)n(-c2ccccc2)c1=O.[Cl-]. The molecular weight excluding hydrogens is 460 g/mol. The van der Waals surface area contributed by atoms with Crippen molar-refractivity contribution >= 4 is 5.78 Å². The Morgan fingerprint density at radius 2 is 1.66 bits per heavy atom. The molecule has 0 radical (unpaired) electrons. The summed E-state index contributed by atoms with van der Waals surface area (Å²) >= 11 is 0. The van der Waals surface area contributed by atoms with Crippen LogP contribution in [0, 0.1) is 20.8 Å². The molecule has 0 fully saturated rings. The molecule has 5 rings (SSSR count). The number of halogens is 1. The first-order chi connectivity index (χ1) is 16.4. The average Bonchev–Trinajstić information content (AvgIpc) is 3.25. The summed E-state index contributed by atoms with van der Waals surface area (Å²) in [4.78, 5) is 26.9. The van der Waals surface area contributed by atoms with Crippen LogP contribution in [0.1, 0.15) is 51.4 Å². The minimum Gasteiger partial charge on any atom is -1.00 e. The molecule has 0 saturated carbocycles. The maximum Gasteiger partial charge on any atom is 0.295 e. The Kier molecular flexibility index (Phi) is 6.86. The van der Waals surface area contributed by atoms with Gasteiger partial charge in [0.1, 0.15) is 5.69 Å². The fourth-order valence-electron chi connectivity index (χ4n) is 5.27. The lowest BCUT2D eigenvalue weighted by molar-refractivity contribution is -0.683. The van der Waals surface area contributed by atoms with E-state index in [2.05, 4.69) is 12.3 Å². The standard InChI is InChI=1S/C28H31N4O2.ClH/c1-19-16-25(26(33)18-30-15-14-22-10-8-9-11-23(22)17-30)20(2)31(19)27-21(3)29(4)32(28(27)34)24-12-6-5-7-13-24;/h5-7,12-17H,8-11,18H2,1-4H3;1H/q+1;/p-1. The molecule has 0 unspecified atom stereocenters. The number of Topliss-reactive ketones (excluding diaryl/α,β-unsaturated/α-hetero) is 1. The lowest BCUT2D eigenvalue weighted by Gasteiger charge is -2.13. The van der Waals surface area contributed by atoms with Crippen LogP contribution in [-0.4, -0.2) is 19.7 Å². The van der Waals surface area contributed by atoms with Gasteiger partial charge in [0.2, 0.25) is 12.3 Å². The number of aromatic nitrogens is 4. The highest BCUT2D eigenvalue weighted by Crippen LogP contribution is 2.23. The van der Waals surface area contributed by atoms with Crippen molar-refractivity contribution < 1.29 is 21.8 Å². The third-order valence-electron chi connectivity index (χ3n) is 7.15. The van der Waals surface area contributed by atoms with Crippen LogP contribution in [0.15, 0.2) is 59.7 Å². The van der Waals surface area contributed by atoms with Gasteiger partial charge in [-0.15, -0.1) is 0 Å². The van der Waals surface area contributed by atoms with Crippen molar-refractivity contribution in [2.75, 3.05) is 0 Å². The molecule has 4 aromatic rings. The number of hydrogen-bond donors (Lipinski definition) is 0. The van der Waals surface area contributed by atoms with Crippen molar-refractivity contribution in [1.82, 2.24) is 13.9 Å². The Morgan fingerprint density at radius 1 is 0.971 bits per heavy atom. The number of para-hydroxylation sites is 1. The van der Waals surface area contributed by atoms with E-state index in [9.17, 15) is 9.59 Å². The number of rotatable bonds is 5. The third-order valence-corrected chi connectivity index (χ3v) is 7.15. The molecule has 182 valence electrons. The molecule has 0 spiro atoms. The zero-order chi connectivity index (χ0) is 24.0. The summed E-state index contributed by atoms with van der Waals surface area (Å²) in [6, 6.07) is 13.7. The fraction of sp³-hybridized carbons (Fsp3) is 0.321. The van der Waals surface area contributed by atoms with Crippen LogP contribution < -0.4 is 22.5 Å². The first-order valence-electron chi connectivity index (χ1n) is 11.9. The molecule has 35 heavy (non-hydrogen) atoms. The van der Waals surface area contributed by atoms with Crippen LogP contribution in [0.25, 0.3) is 11.4 Å². The van der Waals surface area contributed by atoms with E-state index in [0.717, 1.165) is 35.6 Å². The molecule has 0 bridgehead atoms. The second-order valence-electron chi connectivity index (χ2n) is 9.33. The van der Waals surface area contributed by atoms with E-state index in [-0.39, 0.29) is 23.7 Å². The van der Waals surface area contributed by atoms with Crippen LogP contribution in [-0.2, 0) is 26.4 Å². The third kappa shape index (κ3) is 4.27. The van der Waals surface area contributed by atoms with Gasteiger partial charge in [-0.1, -0.05) is 18.2 Å². The molecular formula is C28H31ClN4O2. The van der Waals surface area contributed by atoms with Crippen molar-refractivity contribution in [2.45, 2.75) is 53.0 Å². The minimum atomic E-state index is -0.101. The summed E-state index contributed by atoms with van der Waals surface area (Å²) in [7, 11) is 1.89. The molecule has 0 saturated heterocycles. The Morgan fingerprint density at radius 3 is 2.37 bits per heavy atom. The molecule has 3 aromatic heterocycles. The molecule has 3 heterocycles. The second-order valence-corrected chi connectivity index (χ2v) is 9.33. The van der Waals surface area contributed by atoms with E-state index in [0.29, 0.717) is 17.8 Å². The van der Waals surface area contributed by atoms with Crippen LogP contribution >= 0.6 is 0 Å². The highest BCUT2D eigenvalue weighted by molar-refractivity contribution is 5.96. The van der Waals surface area contributed by atoms with Crippen molar-refractivity contribution in [1.29, 1.82) is 0 Å². The summed E-state index contributed by atoms with van der Waals surface area (Å²) in [5, 5.41) is 0. The topological polar surface area (TPSA) is 52.8 Å². The minimum absolute atomic E-state index is 0. The van der Waals surface area contributed by atoms with Crippen LogP contribution in [0.2, 0.25) is 0 Å². The summed E-state index contributed by atoms with van der Waals surface area (Å²) in [6.45, 7) is 6.12. The van der Waals surface area contributed by atoms with E-state index in [4.69, 9.17) is 0 Å². The summed E-state index contributed by atoms with van der Waals surface area (Å²) in [5.74, 6) is 0.0529. The van der Waals surface area contributed by atoms with Gasteiger partial charge < -0.3 is 17.0 Å². The van der Waals surface area contributed by atoms with Crippen molar-refractivity contribution in [3.05, 3.63) is 99.0 Å². The summed E-state index contributed by atoms with van der Waals surface area (Å²) in [5.41, 5.74) is 7.24. The number of hydrogen-bond acceptors (Lipinski definition) is 2. The van der Waals surface area contributed by atoms with Gasteiger partial charge in [0.05, 0.1) is 11.4 Å². The van der Waals surface area contributed by atoms with Gasteiger partial charge in [-0.3, -0.25) is 14.3 Å². The highest BCUT2D eigenvalue weighted by atomic mass is 35.5. The zero-order valence-corrected chi connectivity index (χ0v) is 21.5. The molecule has 0 N–H and O–H groups in total. The number of pyridine rings is 1. The molecule has 0 aliphatic heterocycles. The quantitative estimate of drug-likeness (QED) is 0.309. The zero-order valence-electron chi connectivity index (χ0n) is 20.7. The number of aryl methyl sites for hydroxylation is 3. The number of ketones is 1. The van der Waals surface area contributed by atoms with Crippen molar-refractivity contribution in [2.24, 2.45) is 7.05 Å². The molecule has 0 amide bonds. The Hall–Kier alpha value is -3.38. The number of nitrogens with zero attached hydrogens (tertiary/aromatic N) is 4. The van der Waals surface area contributed by atoms with Crippen LogP contribution in [0.3, 0.4) is 0 Å². The summed E-state index contributed by atoms with van der Waals surface area (Å²) < 4.78 is 7.47. The van der Waals surface area contributed by atoms with Gasteiger partial charge in [0.15, 0.2) is 12.4 Å². The van der Waals surface area contributed by atoms with E-state index in [1.165, 1.54) is 24.0 Å². The molecule has 1 aliphatic carbocycles. The van der Waals surface area contributed by atoms with E-state index < -0.39 is 0 Å². The largest absolute Gasteiger partial charge is 1.00 e. The summed E-state index contributed by atoms with van der Waals surface area (Å²) in [6.07, 6.45) is 8.81. The lowest BCUT2D eigenvalue weighted by Crippen LogP contribution is -3.00. The lowest BCUT2D eigenvalue weighted by atomic mass is 9.93. The fourth-order valence-corrected chi connectivity index (χ4v) is 5.27. The number of carbonyl (C=O) groups excluding carboxylic acids is 1. The van der Waals surface area contributed by atoms with Gasteiger partial charge in [-0.05, 0) is 70.2 Å². The first-order valence-corrected chi connectivity index (χ1v) is 11.9. The Balaban J connectivity index is 0.00000289. The second kappa shape index (κ2) is 9.70. The normalized spacial score (nSPS) is 12.8. The Bertz CT molecular complexity index is 1460. The molecule has 6 nitrogen and oxygen atoms in total. The average molecular weight is 491 g/mol. The monoisotopic (exact) mass is 490 g/mol. The first kappa shape index (κ1) is 24.7. The van der Waals surface area contributed by atoms with E-state index in [1.54, 1.807) is 4.68 Å². The van der Waals surface area contributed by atoms with Gasteiger partial charge in [0, 0.05) is 35.6 Å². The van der Waals surface area contributed by atoms with Crippen molar-refractivity contribution in [3.63, 3.8) is 0 Å². The highest BCUT2D eigenvalue weighted by Gasteiger charge is 2.25. The predicted octanol–water partition coefficient (Wildman–Crippen LogP) is 0.945. The maximum atomic E-state index is 13.6. The maximum absolute atomic E-state index is 13.6. The van der Waals surface area contributed by atoms with Gasteiger partial charge in [-0.25, -0.2) is 4.68 Å². The molecule has 1 aliphatic rings. The number of benzene rings is 1. The molecule has 0 atom stereocenters. The number of carbonyl (C=O) groups is 1. The van der Waals surface area contributed by atoms with Gasteiger partial charge >= 0.3 is 0 Å². The van der Waals surface area contributed by atoms with Crippen molar-refractivity contribution in [3.8, 4) is 11.4 Å². The van der Waals surface area contributed by atoms with Crippen LogP contribution in [0.4, 0.5) is 0 Å². The van der Waals surface area contributed by atoms with Crippen LogP contribution in [0.5, 0.6) is 0 Å².